The molecule has 20 heavy (non-hydrogen) atoms. The smallest absolute Gasteiger partial charge is 0.283 e. The van der Waals surface area contributed by atoms with Gasteiger partial charge in [0.1, 0.15) is 4.47 Å². The molecule has 0 saturated heterocycles. The molecule has 1 heterocycles. The number of hydrogen-bond donors (Lipinski definition) is 2. The number of ether oxygens (including phenoxy) is 1. The first-order chi connectivity index (χ1) is 9.47. The lowest BCUT2D eigenvalue weighted by Crippen LogP contribution is -2.33. The molecular formula is C12H19BrN4O3. The normalized spacial score (nSPS) is 10.7. The molecule has 1 rings (SSSR count). The fourth-order valence-corrected chi connectivity index (χ4v) is 1.89. The molecule has 0 saturated carbocycles. The lowest BCUT2D eigenvalue weighted by atomic mass is 10.4. The van der Waals surface area contributed by atoms with Gasteiger partial charge in [0.05, 0.1) is 31.1 Å². The third-order valence-electron chi connectivity index (χ3n) is 2.50. The first-order valence-electron chi connectivity index (χ1n) is 6.24. The molecule has 8 heteroatoms. The number of hydrogen-bond acceptors (Lipinski definition) is 5. The van der Waals surface area contributed by atoms with E-state index in [1.54, 1.807) is 7.11 Å². The van der Waals surface area contributed by atoms with Crippen LogP contribution in [0.3, 0.4) is 0 Å². The molecule has 0 radical (unpaired) electrons. The first-order valence-corrected chi connectivity index (χ1v) is 7.03. The van der Waals surface area contributed by atoms with Crippen LogP contribution in [0, 0.1) is 0 Å². The molecule has 0 aliphatic heterocycles. The fraction of sp³-hybridized carbons (Fsp3) is 0.583. The summed E-state index contributed by atoms with van der Waals surface area (Å²) < 4.78 is 6.56. The summed E-state index contributed by atoms with van der Waals surface area (Å²) in [5.41, 5.74) is 0.263. The van der Waals surface area contributed by atoms with Crippen molar-refractivity contribution in [3.63, 3.8) is 0 Å². The largest absolute Gasteiger partial charge is 0.383 e. The van der Waals surface area contributed by atoms with Crippen LogP contribution in [-0.4, -0.2) is 42.5 Å². The lowest BCUT2D eigenvalue weighted by molar-refractivity contribution is -0.119. The molecule has 0 aliphatic rings. The number of carbonyl (C=O) groups excluding carboxylic acids is 1. The van der Waals surface area contributed by atoms with Crippen molar-refractivity contribution < 1.29 is 9.53 Å². The maximum absolute atomic E-state index is 12.0. The van der Waals surface area contributed by atoms with Gasteiger partial charge < -0.3 is 15.4 Å². The van der Waals surface area contributed by atoms with Crippen LogP contribution in [0.2, 0.25) is 0 Å². The third kappa shape index (κ3) is 4.61. The van der Waals surface area contributed by atoms with Gasteiger partial charge in [0.15, 0.2) is 0 Å². The highest BCUT2D eigenvalue weighted by Crippen LogP contribution is 2.16. The van der Waals surface area contributed by atoms with Crippen molar-refractivity contribution in [3.05, 3.63) is 21.0 Å². The minimum absolute atomic E-state index is 0.0230. The first kappa shape index (κ1) is 16.6. The Labute approximate surface area is 125 Å². The molecule has 0 spiro atoms. The van der Waals surface area contributed by atoms with E-state index < -0.39 is 0 Å². The van der Waals surface area contributed by atoms with Gasteiger partial charge in [-0.2, -0.15) is 5.10 Å². The zero-order valence-corrected chi connectivity index (χ0v) is 13.4. The van der Waals surface area contributed by atoms with E-state index in [4.69, 9.17) is 4.74 Å². The number of rotatable bonds is 7. The Kier molecular flexibility index (Phi) is 6.66. The molecule has 0 unspecified atom stereocenters. The Hall–Kier alpha value is -1.41. The maximum Gasteiger partial charge on any atom is 0.283 e. The van der Waals surface area contributed by atoms with Gasteiger partial charge in [0, 0.05) is 13.7 Å². The SMILES string of the molecule is COCCNC(=O)CNc1cnn(C(C)C)c(=O)c1Br. The quantitative estimate of drug-likeness (QED) is 0.712. The minimum Gasteiger partial charge on any atom is -0.383 e. The highest BCUT2D eigenvalue weighted by atomic mass is 79.9. The molecule has 112 valence electrons. The van der Waals surface area contributed by atoms with Crippen molar-refractivity contribution in [3.8, 4) is 0 Å². The minimum atomic E-state index is -0.232. The van der Waals surface area contributed by atoms with E-state index in [1.807, 2.05) is 13.8 Å². The number of amides is 1. The Morgan fingerprint density at radius 3 is 2.85 bits per heavy atom. The Morgan fingerprint density at radius 2 is 2.25 bits per heavy atom. The summed E-state index contributed by atoms with van der Waals surface area (Å²) in [4.78, 5) is 23.5. The summed E-state index contributed by atoms with van der Waals surface area (Å²) in [5.74, 6) is -0.179. The molecule has 2 N–H and O–H groups in total. The maximum atomic E-state index is 12.0. The summed E-state index contributed by atoms with van der Waals surface area (Å²) in [6.45, 7) is 4.72. The molecule has 0 atom stereocenters. The zero-order chi connectivity index (χ0) is 15.1. The van der Waals surface area contributed by atoms with E-state index >= 15 is 0 Å². The van der Waals surface area contributed by atoms with Crippen LogP contribution >= 0.6 is 15.9 Å². The fourth-order valence-electron chi connectivity index (χ4n) is 1.47. The highest BCUT2D eigenvalue weighted by molar-refractivity contribution is 9.10. The van der Waals surface area contributed by atoms with Crippen molar-refractivity contribution in [2.75, 3.05) is 32.1 Å². The van der Waals surface area contributed by atoms with Crippen LogP contribution < -0.4 is 16.2 Å². The molecule has 0 bridgehead atoms. The highest BCUT2D eigenvalue weighted by Gasteiger charge is 2.11. The Balaban J connectivity index is 2.63. The molecule has 1 aromatic rings. The van der Waals surface area contributed by atoms with Crippen LogP contribution in [0.25, 0.3) is 0 Å². The number of nitrogens with one attached hydrogen (secondary N) is 2. The van der Waals surface area contributed by atoms with Crippen molar-refractivity contribution in [1.29, 1.82) is 0 Å². The summed E-state index contributed by atoms with van der Waals surface area (Å²) in [6.07, 6.45) is 1.52. The van der Waals surface area contributed by atoms with Gasteiger partial charge in [-0.15, -0.1) is 0 Å². The van der Waals surface area contributed by atoms with Crippen molar-refractivity contribution in [2.45, 2.75) is 19.9 Å². The predicted molar refractivity (Wildman–Crippen MR) is 80.0 cm³/mol. The second-order valence-electron chi connectivity index (χ2n) is 4.41. The van der Waals surface area contributed by atoms with Gasteiger partial charge in [0.25, 0.3) is 5.56 Å². The molecule has 0 aromatic carbocycles. The van der Waals surface area contributed by atoms with E-state index in [0.29, 0.717) is 23.3 Å². The van der Waals surface area contributed by atoms with Gasteiger partial charge >= 0.3 is 0 Å². The van der Waals surface area contributed by atoms with Gasteiger partial charge in [0.2, 0.25) is 5.91 Å². The molecule has 0 aliphatic carbocycles. The predicted octanol–water partition coefficient (Wildman–Crippen LogP) is 0.761. The average molecular weight is 347 g/mol. The number of halogens is 1. The Morgan fingerprint density at radius 1 is 1.55 bits per heavy atom. The topological polar surface area (TPSA) is 85.2 Å². The van der Waals surface area contributed by atoms with Crippen molar-refractivity contribution in [1.82, 2.24) is 15.1 Å². The average Bonchev–Trinajstić information content (AvgIpc) is 2.40. The van der Waals surface area contributed by atoms with E-state index in [-0.39, 0.29) is 24.1 Å². The molecule has 0 fully saturated rings. The molecular weight excluding hydrogens is 328 g/mol. The van der Waals surface area contributed by atoms with Gasteiger partial charge in [-0.1, -0.05) is 0 Å². The van der Waals surface area contributed by atoms with E-state index in [1.165, 1.54) is 10.9 Å². The van der Waals surface area contributed by atoms with E-state index in [9.17, 15) is 9.59 Å². The molecule has 1 aromatic heterocycles. The summed E-state index contributed by atoms with van der Waals surface area (Å²) in [6, 6.07) is -0.0230. The van der Waals surface area contributed by atoms with E-state index in [0.717, 1.165) is 0 Å². The van der Waals surface area contributed by atoms with Gasteiger partial charge in [-0.25, -0.2) is 4.68 Å². The Bertz CT molecular complexity index is 516. The van der Waals surface area contributed by atoms with Crippen molar-refractivity contribution in [2.24, 2.45) is 0 Å². The lowest BCUT2D eigenvalue weighted by Gasteiger charge is -2.12. The second-order valence-corrected chi connectivity index (χ2v) is 5.21. The number of anilines is 1. The van der Waals surface area contributed by atoms with Crippen LogP contribution in [-0.2, 0) is 9.53 Å². The van der Waals surface area contributed by atoms with Gasteiger partial charge in [-0.3, -0.25) is 9.59 Å². The van der Waals surface area contributed by atoms with Gasteiger partial charge in [-0.05, 0) is 29.8 Å². The van der Waals surface area contributed by atoms with Crippen LogP contribution in [0.15, 0.2) is 15.5 Å². The third-order valence-corrected chi connectivity index (χ3v) is 3.27. The summed E-state index contributed by atoms with van der Waals surface area (Å²) >= 11 is 3.23. The molecule has 1 amide bonds. The monoisotopic (exact) mass is 346 g/mol. The zero-order valence-electron chi connectivity index (χ0n) is 11.8. The van der Waals surface area contributed by atoms with Crippen LogP contribution in [0.1, 0.15) is 19.9 Å². The van der Waals surface area contributed by atoms with Crippen LogP contribution in [0.4, 0.5) is 5.69 Å². The molecule has 7 nitrogen and oxygen atoms in total. The van der Waals surface area contributed by atoms with Crippen molar-refractivity contribution >= 4 is 27.5 Å². The van der Waals surface area contributed by atoms with Crippen LogP contribution in [0.5, 0.6) is 0 Å². The summed E-state index contributed by atoms with van der Waals surface area (Å²) in [7, 11) is 1.57. The standard InChI is InChI=1S/C12H19BrN4O3/c1-8(2)17-12(19)11(13)9(6-16-17)15-7-10(18)14-4-5-20-3/h6,8,15H,4-5,7H2,1-3H3,(H,14,18). The second kappa shape index (κ2) is 8.01. The number of aromatic nitrogens is 2. The summed E-state index contributed by atoms with van der Waals surface area (Å²) in [5, 5.41) is 9.59. The number of carbonyl (C=O) groups is 1. The number of nitrogens with zero attached hydrogens (tertiary/aromatic N) is 2. The number of methoxy groups -OCH3 is 1. The van der Waals surface area contributed by atoms with E-state index in [2.05, 4.69) is 31.7 Å².